The van der Waals surface area contributed by atoms with Crippen molar-refractivity contribution in [3.8, 4) is 0 Å². The number of nitrogens with one attached hydrogen (secondary N) is 1. The van der Waals surface area contributed by atoms with Crippen molar-refractivity contribution in [3.05, 3.63) is 42.5 Å². The molecule has 4 aliphatic rings. The molecule has 1 heterocycles. The van der Waals surface area contributed by atoms with Crippen molar-refractivity contribution < 1.29 is 4.79 Å². The predicted octanol–water partition coefficient (Wildman–Crippen LogP) is 3.89. The Hall–Kier alpha value is -2.10. The summed E-state index contributed by atoms with van der Waals surface area (Å²) in [5.41, 5.74) is 2.30. The molecule has 4 bridgehead atoms. The first-order valence-corrected chi connectivity index (χ1v) is 9.96. The minimum Gasteiger partial charge on any atom is -0.307 e. The van der Waals surface area contributed by atoms with E-state index in [0.717, 1.165) is 48.0 Å². The lowest BCUT2D eigenvalue weighted by molar-refractivity contribution is -0.144. The largest absolute Gasteiger partial charge is 0.307 e. The molecular weight excluding hydrogens is 322 g/mol. The van der Waals surface area contributed by atoms with Crippen molar-refractivity contribution in [3.63, 3.8) is 0 Å². The summed E-state index contributed by atoms with van der Waals surface area (Å²) in [6.07, 6.45) is 9.15. The van der Waals surface area contributed by atoms with Crippen LogP contribution in [0.15, 0.2) is 36.9 Å². The van der Waals surface area contributed by atoms with E-state index in [2.05, 4.69) is 6.58 Å². The number of hydrogen-bond acceptors (Lipinski definition) is 2. The first-order chi connectivity index (χ1) is 12.6. The van der Waals surface area contributed by atoms with Crippen molar-refractivity contribution in [1.29, 1.82) is 5.41 Å². The Labute approximate surface area is 154 Å². The van der Waals surface area contributed by atoms with Crippen LogP contribution in [0.2, 0.25) is 0 Å². The van der Waals surface area contributed by atoms with Gasteiger partial charge in [0.05, 0.1) is 17.6 Å². The van der Waals surface area contributed by atoms with Gasteiger partial charge >= 0.3 is 0 Å². The number of imidazole rings is 1. The molecule has 4 fully saturated rings. The van der Waals surface area contributed by atoms with E-state index in [1.807, 2.05) is 39.5 Å². The molecule has 0 spiro atoms. The van der Waals surface area contributed by atoms with Gasteiger partial charge in [0, 0.05) is 12.0 Å². The summed E-state index contributed by atoms with van der Waals surface area (Å²) in [5.74, 6) is 2.69. The smallest absolute Gasteiger partial charge is 0.203 e. The van der Waals surface area contributed by atoms with Gasteiger partial charge in [-0.25, -0.2) is 0 Å². The third-order valence-electron chi connectivity index (χ3n) is 7.22. The second-order valence-corrected chi connectivity index (χ2v) is 8.92. The third kappa shape index (κ3) is 2.27. The zero-order valence-corrected chi connectivity index (χ0v) is 15.3. The topological polar surface area (TPSA) is 50.8 Å². The summed E-state index contributed by atoms with van der Waals surface area (Å²) in [5, 5.41) is 8.63. The van der Waals surface area contributed by atoms with Crippen molar-refractivity contribution in [1.82, 2.24) is 9.13 Å². The quantitative estimate of drug-likeness (QED) is 0.818. The van der Waals surface area contributed by atoms with E-state index in [9.17, 15) is 4.79 Å². The monoisotopic (exact) mass is 349 g/mol. The Balaban J connectivity index is 1.52. The number of nitrogens with zero attached hydrogens (tertiary/aromatic N) is 2. The van der Waals surface area contributed by atoms with Gasteiger partial charge < -0.3 is 9.13 Å². The number of benzene rings is 1. The highest BCUT2D eigenvalue weighted by Crippen LogP contribution is 2.60. The van der Waals surface area contributed by atoms with Gasteiger partial charge in [-0.1, -0.05) is 18.2 Å². The summed E-state index contributed by atoms with van der Waals surface area (Å²) in [6, 6.07) is 8.04. The maximum absolute atomic E-state index is 13.5. The van der Waals surface area contributed by atoms with Crippen LogP contribution < -0.4 is 5.62 Å². The summed E-state index contributed by atoms with van der Waals surface area (Å²) >= 11 is 0. The fourth-order valence-electron chi connectivity index (χ4n) is 6.53. The number of aromatic nitrogens is 2. The van der Waals surface area contributed by atoms with Crippen LogP contribution in [0.1, 0.15) is 38.5 Å². The molecule has 0 saturated heterocycles. The molecule has 0 atom stereocenters. The van der Waals surface area contributed by atoms with Gasteiger partial charge in [0.1, 0.15) is 0 Å². The Morgan fingerprint density at radius 1 is 1.08 bits per heavy atom. The number of carbonyl (C=O) groups excluding carboxylic acids is 1. The zero-order valence-electron chi connectivity index (χ0n) is 15.3. The van der Waals surface area contributed by atoms with Crippen LogP contribution in [-0.4, -0.2) is 14.9 Å². The maximum atomic E-state index is 13.5. The van der Waals surface area contributed by atoms with E-state index in [1.165, 1.54) is 19.3 Å². The molecule has 4 nitrogen and oxygen atoms in total. The second-order valence-electron chi connectivity index (χ2n) is 8.92. The average molecular weight is 349 g/mol. The van der Waals surface area contributed by atoms with Crippen LogP contribution in [0.25, 0.3) is 11.0 Å². The summed E-state index contributed by atoms with van der Waals surface area (Å²) in [7, 11) is 0. The van der Waals surface area contributed by atoms with E-state index >= 15 is 0 Å². The van der Waals surface area contributed by atoms with E-state index in [1.54, 1.807) is 0 Å². The molecule has 0 unspecified atom stereocenters. The lowest BCUT2D eigenvalue weighted by Crippen LogP contribution is -2.51. The van der Waals surface area contributed by atoms with Crippen LogP contribution in [0.5, 0.6) is 0 Å². The molecule has 1 N–H and O–H groups in total. The summed E-state index contributed by atoms with van der Waals surface area (Å²) < 4.78 is 3.86. The number of carbonyl (C=O) groups is 1. The van der Waals surface area contributed by atoms with Crippen molar-refractivity contribution in [2.75, 3.05) is 0 Å². The van der Waals surface area contributed by atoms with E-state index in [4.69, 9.17) is 5.41 Å². The van der Waals surface area contributed by atoms with Gasteiger partial charge in [-0.2, -0.15) is 0 Å². The zero-order chi connectivity index (χ0) is 17.9. The molecule has 0 aliphatic heterocycles. The van der Waals surface area contributed by atoms with E-state index in [0.29, 0.717) is 24.5 Å². The Morgan fingerprint density at radius 2 is 1.62 bits per heavy atom. The Bertz CT molecular complexity index is 913. The second kappa shape index (κ2) is 5.70. The van der Waals surface area contributed by atoms with Gasteiger partial charge in [0.15, 0.2) is 5.78 Å². The van der Waals surface area contributed by atoms with Gasteiger partial charge in [0.2, 0.25) is 5.62 Å². The standard InChI is InChI=1S/C22H27N3O/c1-2-7-24-18-5-3-4-6-19(18)25(21(24)23)14-20(26)22-11-15-8-16(12-22)10-17(9-15)13-22/h2-6,15-17,23H,1,7-14H2. The molecule has 0 amide bonds. The average Bonchev–Trinajstić information content (AvgIpc) is 2.87. The van der Waals surface area contributed by atoms with Crippen molar-refractivity contribution in [2.24, 2.45) is 23.2 Å². The molecule has 26 heavy (non-hydrogen) atoms. The number of hydrogen-bond donors (Lipinski definition) is 1. The molecule has 4 aliphatic carbocycles. The van der Waals surface area contributed by atoms with Crippen LogP contribution in [0.3, 0.4) is 0 Å². The SMILES string of the molecule is C=CCn1c(=N)n(CC(=O)C23CC4CC(CC(C4)C2)C3)c2ccccc21. The maximum Gasteiger partial charge on any atom is 0.203 e. The highest BCUT2D eigenvalue weighted by molar-refractivity contribution is 5.87. The minimum atomic E-state index is -0.101. The Kier molecular flexibility index (Phi) is 3.53. The first-order valence-electron chi connectivity index (χ1n) is 9.96. The fraction of sp³-hybridized carbons (Fsp3) is 0.545. The minimum absolute atomic E-state index is 0.101. The molecule has 4 saturated carbocycles. The number of para-hydroxylation sites is 2. The summed E-state index contributed by atoms with van der Waals surface area (Å²) in [4.78, 5) is 13.5. The number of ketones is 1. The third-order valence-corrected chi connectivity index (χ3v) is 7.22. The molecular formula is C22H27N3O. The lowest BCUT2D eigenvalue weighted by Gasteiger charge is -2.56. The number of fused-ring (bicyclic) bond motifs is 1. The lowest BCUT2D eigenvalue weighted by atomic mass is 9.48. The molecule has 4 heteroatoms. The fourth-order valence-corrected chi connectivity index (χ4v) is 6.53. The highest BCUT2D eigenvalue weighted by Gasteiger charge is 2.54. The van der Waals surface area contributed by atoms with Crippen molar-refractivity contribution in [2.45, 2.75) is 51.6 Å². The van der Waals surface area contributed by atoms with Crippen LogP contribution >= 0.6 is 0 Å². The molecule has 136 valence electrons. The number of Topliss-reactive ketones (excluding diaryl/α,β-unsaturated/α-hetero) is 1. The van der Waals surface area contributed by atoms with Gasteiger partial charge in [0.25, 0.3) is 0 Å². The Morgan fingerprint density at radius 3 is 2.15 bits per heavy atom. The molecule has 1 aromatic carbocycles. The summed E-state index contributed by atoms with van der Waals surface area (Å²) in [6.45, 7) is 4.76. The van der Waals surface area contributed by atoms with Crippen LogP contribution in [0.4, 0.5) is 0 Å². The van der Waals surface area contributed by atoms with Crippen molar-refractivity contribution >= 4 is 16.8 Å². The first kappa shape index (κ1) is 16.1. The predicted molar refractivity (Wildman–Crippen MR) is 102 cm³/mol. The number of rotatable bonds is 5. The normalized spacial score (nSPS) is 32.2. The van der Waals surface area contributed by atoms with Gasteiger partial charge in [-0.15, -0.1) is 6.58 Å². The molecule has 0 radical (unpaired) electrons. The van der Waals surface area contributed by atoms with Crippen LogP contribution in [0, 0.1) is 28.6 Å². The molecule has 2 aromatic rings. The number of allylic oxidation sites excluding steroid dienone is 1. The van der Waals surface area contributed by atoms with Crippen LogP contribution in [-0.2, 0) is 17.9 Å². The highest BCUT2D eigenvalue weighted by atomic mass is 16.1. The van der Waals surface area contributed by atoms with E-state index in [-0.39, 0.29) is 5.41 Å². The molecule has 1 aromatic heterocycles. The molecule has 6 rings (SSSR count). The van der Waals surface area contributed by atoms with Gasteiger partial charge in [-0.3, -0.25) is 10.2 Å². The van der Waals surface area contributed by atoms with Gasteiger partial charge in [-0.05, 0) is 68.4 Å². The van der Waals surface area contributed by atoms with E-state index < -0.39 is 0 Å².